The molecule has 2 aliphatic heterocycles. The van der Waals surface area contributed by atoms with Crippen LogP contribution in [0.15, 0.2) is 65.1 Å². The third-order valence-electron chi connectivity index (χ3n) is 6.59. The van der Waals surface area contributed by atoms with Crippen molar-refractivity contribution in [2.75, 3.05) is 13.1 Å². The number of rotatable bonds is 5. The van der Waals surface area contributed by atoms with Gasteiger partial charge in [0.2, 0.25) is 5.36 Å². The molecule has 2 aromatic rings. The van der Waals surface area contributed by atoms with Gasteiger partial charge in [-0.1, -0.05) is 30.3 Å². The van der Waals surface area contributed by atoms with Crippen LogP contribution in [0.2, 0.25) is 0 Å². The second-order valence-electron chi connectivity index (χ2n) is 8.84. The Kier molecular flexibility index (Phi) is 6.14. The molecule has 5 rings (SSSR count). The molecule has 0 bridgehead atoms. The predicted molar refractivity (Wildman–Crippen MR) is 136 cm³/mol. The fraction of sp³-hybridized carbons (Fsp3) is 0.241. The van der Waals surface area contributed by atoms with Gasteiger partial charge >= 0.3 is 5.97 Å². The summed E-state index contributed by atoms with van der Waals surface area (Å²) in [5, 5.41) is 2.47. The highest BCUT2D eigenvalue weighted by atomic mass is 16.7. The molecule has 3 aliphatic rings. The van der Waals surface area contributed by atoms with Gasteiger partial charge in [0.25, 0.3) is 11.8 Å². The molecule has 36 heavy (non-hydrogen) atoms. The van der Waals surface area contributed by atoms with E-state index in [1.165, 1.54) is 0 Å². The summed E-state index contributed by atoms with van der Waals surface area (Å²) >= 11 is 0. The van der Waals surface area contributed by atoms with Crippen molar-refractivity contribution in [3.8, 4) is 22.5 Å². The van der Waals surface area contributed by atoms with Gasteiger partial charge in [0.1, 0.15) is 24.4 Å². The molecule has 0 radical (unpaired) electrons. The van der Waals surface area contributed by atoms with Crippen molar-refractivity contribution in [1.29, 1.82) is 0 Å². The van der Waals surface area contributed by atoms with Crippen LogP contribution in [0.4, 0.5) is 0 Å². The minimum atomic E-state index is -0.761. The zero-order chi connectivity index (χ0) is 25.4. The van der Waals surface area contributed by atoms with Crippen LogP contribution >= 0.6 is 0 Å². The quantitative estimate of drug-likeness (QED) is 0.236. The van der Waals surface area contributed by atoms with E-state index in [9.17, 15) is 14.4 Å². The minimum Gasteiger partial charge on any atom is -0.456 e. The first-order valence-corrected chi connectivity index (χ1v) is 12.1. The van der Waals surface area contributed by atoms with E-state index in [4.69, 9.17) is 9.25 Å². The molecule has 182 valence electrons. The van der Waals surface area contributed by atoms with Gasteiger partial charge in [0.15, 0.2) is 0 Å². The summed E-state index contributed by atoms with van der Waals surface area (Å²) in [6.07, 6.45) is 0.0783. The molecule has 0 atom stereocenters. The standard InChI is InChI=1S/C29H27N2O5/c1-4-30(5-2)19-11-13-23-25(17-19)35-24-16-18(3)10-12-22(24)28(23)20-8-6-7-9-21(20)29(34)36-31-26(32)14-15-27(31)33/h6-13,16-17H,4-5,14-15H2,1-3H3/q+1. The first-order valence-electron chi connectivity index (χ1n) is 12.1. The maximum absolute atomic E-state index is 13.2. The van der Waals surface area contributed by atoms with Crippen LogP contribution in [0, 0.1) is 6.92 Å². The number of nitrogens with zero attached hydrogens (tertiary/aromatic N) is 2. The SMILES string of the molecule is CC[N+](CC)=c1ccc2c(-c3ccccc3C(=O)ON3C(=O)CCC3=O)c3ccc(C)cc3oc-2c1. The van der Waals surface area contributed by atoms with Crippen LogP contribution in [-0.2, 0) is 14.4 Å². The van der Waals surface area contributed by atoms with E-state index in [-0.39, 0.29) is 18.4 Å². The topological polar surface area (TPSA) is 79.8 Å². The Morgan fingerprint density at radius 2 is 1.67 bits per heavy atom. The van der Waals surface area contributed by atoms with Crippen molar-refractivity contribution in [3.63, 3.8) is 0 Å². The van der Waals surface area contributed by atoms with Crippen molar-refractivity contribution in [1.82, 2.24) is 9.64 Å². The van der Waals surface area contributed by atoms with Gasteiger partial charge in [-0.15, -0.1) is 5.06 Å². The molecule has 0 unspecified atom stereocenters. The maximum atomic E-state index is 13.2. The third kappa shape index (κ3) is 4.06. The summed E-state index contributed by atoms with van der Waals surface area (Å²) in [6, 6.07) is 19.1. The number of fused-ring (bicyclic) bond motifs is 2. The predicted octanol–water partition coefficient (Wildman–Crippen LogP) is 4.55. The normalized spacial score (nSPS) is 13.6. The average molecular weight is 484 g/mol. The van der Waals surface area contributed by atoms with Crippen LogP contribution in [0.5, 0.6) is 0 Å². The van der Waals surface area contributed by atoms with Crippen molar-refractivity contribution in [2.24, 2.45) is 0 Å². The molecular formula is C29H27N2O5+. The number of carbonyl (C=O) groups excluding carboxylic acids is 3. The largest absolute Gasteiger partial charge is 0.456 e. The Morgan fingerprint density at radius 1 is 0.944 bits per heavy atom. The molecule has 7 nitrogen and oxygen atoms in total. The summed E-state index contributed by atoms with van der Waals surface area (Å²) in [5.74, 6) is -1.09. The van der Waals surface area contributed by atoms with Gasteiger partial charge in [-0.25, -0.2) is 9.37 Å². The first kappa shape index (κ1) is 23.5. The zero-order valence-corrected chi connectivity index (χ0v) is 20.5. The Labute approximate surface area is 208 Å². The lowest BCUT2D eigenvalue weighted by Gasteiger charge is -2.18. The number of imide groups is 1. The highest BCUT2D eigenvalue weighted by Crippen LogP contribution is 2.41. The molecule has 1 aliphatic carbocycles. The van der Waals surface area contributed by atoms with E-state index < -0.39 is 17.8 Å². The molecule has 1 fully saturated rings. The maximum Gasteiger partial charge on any atom is 0.364 e. The summed E-state index contributed by atoms with van der Waals surface area (Å²) in [7, 11) is 0. The van der Waals surface area contributed by atoms with E-state index in [0.29, 0.717) is 22.0 Å². The molecule has 0 N–H and O–H groups in total. The lowest BCUT2D eigenvalue weighted by atomic mass is 9.90. The lowest BCUT2D eigenvalue weighted by Crippen LogP contribution is -2.32. The monoisotopic (exact) mass is 483 g/mol. The van der Waals surface area contributed by atoms with E-state index >= 15 is 0 Å². The van der Waals surface area contributed by atoms with Crippen molar-refractivity contribution in [2.45, 2.75) is 33.6 Å². The van der Waals surface area contributed by atoms with Gasteiger partial charge in [-0.05, 0) is 50.1 Å². The molecule has 2 amide bonds. The van der Waals surface area contributed by atoms with Crippen LogP contribution < -0.4 is 9.93 Å². The molecule has 2 heterocycles. The summed E-state index contributed by atoms with van der Waals surface area (Å²) in [5.41, 5.74) is 4.30. The lowest BCUT2D eigenvalue weighted by molar-refractivity contribution is -0.172. The Bertz CT molecular complexity index is 1540. The fourth-order valence-corrected chi connectivity index (χ4v) is 4.73. The number of hydrogen-bond donors (Lipinski definition) is 0. The highest BCUT2D eigenvalue weighted by molar-refractivity contribution is 6.09. The van der Waals surface area contributed by atoms with E-state index in [2.05, 4.69) is 24.5 Å². The molecule has 0 saturated carbocycles. The summed E-state index contributed by atoms with van der Waals surface area (Å²) in [6.45, 7) is 7.95. The van der Waals surface area contributed by atoms with Crippen molar-refractivity contribution < 1.29 is 23.6 Å². The average Bonchev–Trinajstić information content (AvgIpc) is 3.20. The number of hydrogen-bond acceptors (Lipinski definition) is 5. The second-order valence-corrected chi connectivity index (χ2v) is 8.84. The molecule has 1 saturated heterocycles. The van der Waals surface area contributed by atoms with Crippen LogP contribution in [0.1, 0.15) is 42.6 Å². The zero-order valence-electron chi connectivity index (χ0n) is 20.5. The number of amides is 2. The molecule has 0 spiro atoms. The molecule has 2 aromatic carbocycles. The Hall–Kier alpha value is -4.26. The van der Waals surface area contributed by atoms with Crippen molar-refractivity contribution in [3.05, 3.63) is 77.1 Å². The Balaban J connectivity index is 1.75. The van der Waals surface area contributed by atoms with E-state index in [1.807, 2.05) is 49.4 Å². The number of hydroxylamine groups is 2. The second kappa shape index (κ2) is 9.41. The molecule has 0 aromatic heterocycles. The van der Waals surface area contributed by atoms with Crippen LogP contribution in [0.3, 0.4) is 0 Å². The van der Waals surface area contributed by atoms with Crippen LogP contribution in [-0.4, -0.2) is 35.9 Å². The fourth-order valence-electron chi connectivity index (χ4n) is 4.73. The molecular weight excluding hydrogens is 456 g/mol. The highest BCUT2D eigenvalue weighted by Gasteiger charge is 2.34. The molecule has 7 heteroatoms. The van der Waals surface area contributed by atoms with Gasteiger partial charge < -0.3 is 9.25 Å². The van der Waals surface area contributed by atoms with Crippen LogP contribution in [0.25, 0.3) is 33.4 Å². The number of carbonyl (C=O) groups is 3. The van der Waals surface area contributed by atoms with E-state index in [1.54, 1.807) is 12.1 Å². The number of aryl methyl sites for hydroxylation is 1. The summed E-state index contributed by atoms with van der Waals surface area (Å²) in [4.78, 5) is 42.6. The van der Waals surface area contributed by atoms with Gasteiger partial charge in [0, 0.05) is 35.4 Å². The van der Waals surface area contributed by atoms with Crippen molar-refractivity contribution >= 4 is 28.8 Å². The summed E-state index contributed by atoms with van der Waals surface area (Å²) < 4.78 is 8.61. The Morgan fingerprint density at radius 3 is 2.39 bits per heavy atom. The smallest absolute Gasteiger partial charge is 0.364 e. The minimum absolute atomic E-state index is 0.0391. The van der Waals surface area contributed by atoms with Gasteiger partial charge in [0.05, 0.1) is 11.6 Å². The first-order chi connectivity index (χ1) is 17.4. The van der Waals surface area contributed by atoms with E-state index in [0.717, 1.165) is 40.5 Å². The third-order valence-corrected chi connectivity index (χ3v) is 6.59. The van der Waals surface area contributed by atoms with Gasteiger partial charge in [-0.3, -0.25) is 9.59 Å². The van der Waals surface area contributed by atoms with Gasteiger partial charge in [-0.2, -0.15) is 0 Å². The number of benzene rings is 3.